The second-order valence-electron chi connectivity index (χ2n) is 5.23. The van der Waals surface area contributed by atoms with E-state index in [0.717, 1.165) is 13.1 Å². The Morgan fingerprint density at radius 1 is 1.44 bits per heavy atom. The van der Waals surface area contributed by atoms with Gasteiger partial charge in [-0.1, -0.05) is 13.0 Å². The van der Waals surface area contributed by atoms with Gasteiger partial charge in [-0.25, -0.2) is 0 Å². The molecule has 1 aromatic rings. The monoisotopic (exact) mass is 267 g/mol. The van der Waals surface area contributed by atoms with Crippen LogP contribution in [0.2, 0.25) is 0 Å². The standard InChI is InChI=1S/C15H22ClNO/c1-11-6-7-17(10-15(11)18-3)14-5-4-13(9-16)12(2)8-14/h4-5,8,11,15H,6-7,9-10H2,1-3H3. The van der Waals surface area contributed by atoms with Crippen LogP contribution in [-0.2, 0) is 10.6 Å². The number of ether oxygens (including phenoxy) is 1. The van der Waals surface area contributed by atoms with Gasteiger partial charge in [0.2, 0.25) is 0 Å². The molecule has 0 saturated carbocycles. The first-order valence-electron chi connectivity index (χ1n) is 6.59. The number of hydrogen-bond acceptors (Lipinski definition) is 2. The highest BCUT2D eigenvalue weighted by atomic mass is 35.5. The number of benzene rings is 1. The molecule has 1 aromatic carbocycles. The first-order valence-corrected chi connectivity index (χ1v) is 7.12. The number of hydrogen-bond donors (Lipinski definition) is 0. The van der Waals surface area contributed by atoms with Gasteiger partial charge in [0.25, 0.3) is 0 Å². The molecule has 1 aliphatic heterocycles. The molecule has 1 saturated heterocycles. The molecule has 100 valence electrons. The highest BCUT2D eigenvalue weighted by Gasteiger charge is 2.26. The predicted octanol–water partition coefficient (Wildman–Crippen LogP) is 3.60. The van der Waals surface area contributed by atoms with Crippen molar-refractivity contribution >= 4 is 17.3 Å². The summed E-state index contributed by atoms with van der Waals surface area (Å²) in [6.45, 7) is 6.49. The van der Waals surface area contributed by atoms with E-state index in [1.165, 1.54) is 23.2 Å². The van der Waals surface area contributed by atoms with E-state index in [1.807, 2.05) is 7.11 Å². The molecule has 0 N–H and O–H groups in total. The maximum atomic E-state index is 5.90. The van der Waals surface area contributed by atoms with Gasteiger partial charge in [0.1, 0.15) is 0 Å². The maximum absolute atomic E-state index is 5.90. The quantitative estimate of drug-likeness (QED) is 0.776. The fourth-order valence-electron chi connectivity index (χ4n) is 2.60. The Kier molecular flexibility index (Phi) is 4.52. The number of aryl methyl sites for hydroxylation is 1. The van der Waals surface area contributed by atoms with Crippen LogP contribution in [0.1, 0.15) is 24.5 Å². The van der Waals surface area contributed by atoms with Crippen LogP contribution in [0.3, 0.4) is 0 Å². The molecule has 2 nitrogen and oxygen atoms in total. The number of anilines is 1. The lowest BCUT2D eigenvalue weighted by Gasteiger charge is -2.37. The van der Waals surface area contributed by atoms with Crippen molar-refractivity contribution in [3.8, 4) is 0 Å². The van der Waals surface area contributed by atoms with Crippen LogP contribution in [0.4, 0.5) is 5.69 Å². The first kappa shape index (κ1) is 13.7. The zero-order valence-corrected chi connectivity index (χ0v) is 12.2. The smallest absolute Gasteiger partial charge is 0.0772 e. The molecule has 1 fully saturated rings. The molecule has 1 aliphatic rings. The predicted molar refractivity (Wildman–Crippen MR) is 77.5 cm³/mol. The van der Waals surface area contributed by atoms with E-state index >= 15 is 0 Å². The van der Waals surface area contributed by atoms with Crippen molar-refractivity contribution in [1.82, 2.24) is 0 Å². The van der Waals surface area contributed by atoms with E-state index in [1.54, 1.807) is 0 Å². The first-order chi connectivity index (χ1) is 8.65. The fourth-order valence-corrected chi connectivity index (χ4v) is 2.90. The third-order valence-corrected chi connectivity index (χ3v) is 4.32. The van der Waals surface area contributed by atoms with Crippen LogP contribution in [0.15, 0.2) is 18.2 Å². The Morgan fingerprint density at radius 2 is 2.22 bits per heavy atom. The maximum Gasteiger partial charge on any atom is 0.0772 e. The Bertz CT molecular complexity index is 407. The molecule has 0 amide bonds. The number of piperidine rings is 1. The highest BCUT2D eigenvalue weighted by Crippen LogP contribution is 2.26. The van der Waals surface area contributed by atoms with Crippen LogP contribution in [0.25, 0.3) is 0 Å². The average Bonchev–Trinajstić information content (AvgIpc) is 2.39. The zero-order valence-electron chi connectivity index (χ0n) is 11.4. The van der Waals surface area contributed by atoms with Gasteiger partial charge in [0.05, 0.1) is 6.10 Å². The molecule has 18 heavy (non-hydrogen) atoms. The van der Waals surface area contributed by atoms with Crippen LogP contribution in [0, 0.1) is 12.8 Å². The summed E-state index contributed by atoms with van der Waals surface area (Å²) in [5.74, 6) is 1.23. The lowest BCUT2D eigenvalue weighted by Crippen LogP contribution is -2.43. The fraction of sp³-hybridized carbons (Fsp3) is 0.600. The summed E-state index contributed by atoms with van der Waals surface area (Å²) >= 11 is 5.90. The Balaban J connectivity index is 2.14. The van der Waals surface area contributed by atoms with Crippen molar-refractivity contribution in [2.75, 3.05) is 25.1 Å². The molecule has 2 rings (SSSR count). The minimum atomic E-state index is 0.340. The van der Waals surface area contributed by atoms with Gasteiger partial charge in [0.15, 0.2) is 0 Å². The number of rotatable bonds is 3. The van der Waals surface area contributed by atoms with E-state index in [2.05, 4.69) is 36.9 Å². The van der Waals surface area contributed by atoms with Crippen LogP contribution >= 0.6 is 11.6 Å². The van der Waals surface area contributed by atoms with Gasteiger partial charge in [-0.05, 0) is 42.5 Å². The average molecular weight is 268 g/mol. The number of halogens is 1. The lowest BCUT2D eigenvalue weighted by atomic mass is 9.95. The molecule has 0 radical (unpaired) electrons. The van der Waals surface area contributed by atoms with Gasteiger partial charge in [-0.15, -0.1) is 11.6 Å². The van der Waals surface area contributed by atoms with Crippen molar-refractivity contribution < 1.29 is 4.74 Å². The van der Waals surface area contributed by atoms with Crippen molar-refractivity contribution in [3.05, 3.63) is 29.3 Å². The largest absolute Gasteiger partial charge is 0.379 e. The highest BCUT2D eigenvalue weighted by molar-refractivity contribution is 6.17. The Morgan fingerprint density at radius 3 is 2.83 bits per heavy atom. The summed E-state index contributed by atoms with van der Waals surface area (Å²) in [6.07, 6.45) is 1.53. The van der Waals surface area contributed by atoms with Crippen molar-refractivity contribution in [3.63, 3.8) is 0 Å². The van der Waals surface area contributed by atoms with Crippen LogP contribution < -0.4 is 4.90 Å². The summed E-state index contributed by atoms with van der Waals surface area (Å²) < 4.78 is 5.57. The molecular weight excluding hydrogens is 246 g/mol. The molecule has 0 bridgehead atoms. The minimum absolute atomic E-state index is 0.340. The van der Waals surface area contributed by atoms with Gasteiger partial charge in [-0.2, -0.15) is 0 Å². The van der Waals surface area contributed by atoms with Gasteiger partial charge in [-0.3, -0.25) is 0 Å². The van der Waals surface area contributed by atoms with Crippen molar-refractivity contribution in [2.24, 2.45) is 5.92 Å². The molecule has 2 atom stereocenters. The number of alkyl halides is 1. The second kappa shape index (κ2) is 5.94. The summed E-state index contributed by atoms with van der Waals surface area (Å²) in [4.78, 5) is 2.42. The molecule has 0 aliphatic carbocycles. The number of methoxy groups -OCH3 is 1. The van der Waals surface area contributed by atoms with Crippen molar-refractivity contribution in [1.29, 1.82) is 0 Å². The van der Waals surface area contributed by atoms with Crippen LogP contribution in [-0.4, -0.2) is 26.3 Å². The van der Waals surface area contributed by atoms with E-state index in [0.29, 0.717) is 17.9 Å². The van der Waals surface area contributed by atoms with Crippen molar-refractivity contribution in [2.45, 2.75) is 32.3 Å². The third-order valence-electron chi connectivity index (χ3n) is 4.03. The van der Waals surface area contributed by atoms with Gasteiger partial charge >= 0.3 is 0 Å². The SMILES string of the molecule is COC1CN(c2ccc(CCl)c(C)c2)CCC1C. The Hall–Kier alpha value is -0.730. The summed E-state index contributed by atoms with van der Waals surface area (Å²) in [7, 11) is 1.81. The lowest BCUT2D eigenvalue weighted by molar-refractivity contribution is 0.0498. The normalized spacial score (nSPS) is 24.3. The second-order valence-corrected chi connectivity index (χ2v) is 5.50. The van der Waals surface area contributed by atoms with Crippen LogP contribution in [0.5, 0.6) is 0 Å². The van der Waals surface area contributed by atoms with E-state index in [-0.39, 0.29) is 0 Å². The Labute approximate surface area is 115 Å². The topological polar surface area (TPSA) is 12.5 Å². The van der Waals surface area contributed by atoms with Gasteiger partial charge < -0.3 is 9.64 Å². The molecule has 0 spiro atoms. The molecular formula is C15H22ClNO. The summed E-state index contributed by atoms with van der Waals surface area (Å²) in [5.41, 5.74) is 3.78. The van der Waals surface area contributed by atoms with E-state index in [9.17, 15) is 0 Å². The molecule has 1 heterocycles. The molecule has 2 unspecified atom stereocenters. The van der Waals surface area contributed by atoms with E-state index in [4.69, 9.17) is 16.3 Å². The zero-order chi connectivity index (χ0) is 13.1. The summed E-state index contributed by atoms with van der Waals surface area (Å²) in [5, 5.41) is 0. The van der Waals surface area contributed by atoms with Gasteiger partial charge in [0, 0.05) is 31.8 Å². The minimum Gasteiger partial charge on any atom is -0.379 e. The number of nitrogens with zero attached hydrogens (tertiary/aromatic N) is 1. The summed E-state index contributed by atoms with van der Waals surface area (Å²) in [6, 6.07) is 6.55. The molecule has 0 aromatic heterocycles. The third kappa shape index (κ3) is 2.81. The molecule has 3 heteroatoms. The van der Waals surface area contributed by atoms with E-state index < -0.39 is 0 Å².